The van der Waals surface area contributed by atoms with Crippen LogP contribution < -0.4 is 57.7 Å². The smallest absolute Gasteiger partial charge is 0.407 e. The monoisotopic (exact) mass is 1940 g/mol. The van der Waals surface area contributed by atoms with Crippen LogP contribution in [0.3, 0.4) is 0 Å². The lowest BCUT2D eigenvalue weighted by atomic mass is 9.47. The van der Waals surface area contributed by atoms with Crippen LogP contribution in [0.2, 0.25) is 0 Å². The van der Waals surface area contributed by atoms with Crippen LogP contribution in [-0.2, 0) is 82.1 Å². The maximum absolute atomic E-state index is 15.9. The van der Waals surface area contributed by atoms with Crippen molar-refractivity contribution in [2.75, 3.05) is 37.7 Å². The number of pyridine rings is 1. The van der Waals surface area contributed by atoms with E-state index in [1.165, 1.54) is 91.5 Å². The third kappa shape index (κ3) is 26.5. The van der Waals surface area contributed by atoms with E-state index >= 15 is 38.4 Å². The van der Waals surface area contributed by atoms with E-state index in [0.717, 1.165) is 51.1 Å². The summed E-state index contributed by atoms with van der Waals surface area (Å²) in [7, 11) is 3.66. The lowest BCUT2D eigenvalue weighted by molar-refractivity contribution is -0.671. The van der Waals surface area contributed by atoms with Gasteiger partial charge in [0.2, 0.25) is 59.1 Å². The first-order chi connectivity index (χ1) is 65.8. The molecule has 1 aromatic heterocycles. The zero-order valence-corrected chi connectivity index (χ0v) is 83.7. The maximum atomic E-state index is 15.9. The molecule has 3 aromatic carbocycles. The number of ether oxygens (including phenoxy) is 2. The summed E-state index contributed by atoms with van der Waals surface area (Å²) in [6.07, 6.45) is 25.5. The molecule has 9 aliphatic rings. The van der Waals surface area contributed by atoms with Gasteiger partial charge in [-0.1, -0.05) is 180 Å². The highest BCUT2D eigenvalue weighted by Gasteiger charge is 2.60. The van der Waals surface area contributed by atoms with Gasteiger partial charge in [-0.25, -0.2) is 9.36 Å². The van der Waals surface area contributed by atoms with E-state index in [4.69, 9.17) is 14.5 Å². The summed E-state index contributed by atoms with van der Waals surface area (Å²) in [5.41, 5.74) is 2.19. The number of amides is 12. The first-order valence-corrected chi connectivity index (χ1v) is 52.5. The normalized spacial score (nSPS) is 28.9. The molecular formula is C105H145N14O17S2+. The highest BCUT2D eigenvalue weighted by molar-refractivity contribution is 8.76. The predicted molar refractivity (Wildman–Crippen MR) is 529 cm³/mol. The molecule has 3 saturated carbocycles. The van der Waals surface area contributed by atoms with E-state index in [0.29, 0.717) is 90.3 Å². The number of carbonyl (C=O) groups excluding carboxylic acids is 13. The summed E-state index contributed by atoms with van der Waals surface area (Å²) >= 11 is 0. The number of aliphatic imine (C=N–C) groups is 1. The number of phenolic OH excluding ortho intramolecular Hbond substituents is 1. The van der Waals surface area contributed by atoms with Crippen molar-refractivity contribution in [3.63, 3.8) is 0 Å². The molecule has 0 radical (unpaired) electrons. The summed E-state index contributed by atoms with van der Waals surface area (Å²) in [4.78, 5) is 203. The molecule has 5 heterocycles. The number of nitrogens with zero attached hydrogens (tertiary/aromatic N) is 4. The van der Waals surface area contributed by atoms with Crippen molar-refractivity contribution in [2.45, 2.75) is 295 Å². The van der Waals surface area contributed by atoms with Crippen molar-refractivity contribution in [1.82, 2.24) is 63.0 Å². The highest BCUT2D eigenvalue weighted by Crippen LogP contribution is 2.67. The molecule has 22 atom stereocenters. The third-order valence-corrected chi connectivity index (χ3v) is 32.7. The summed E-state index contributed by atoms with van der Waals surface area (Å²) in [5, 5.41) is 51.8. The van der Waals surface area contributed by atoms with E-state index in [1.54, 1.807) is 83.0 Å². The molecule has 4 aromatic rings. The Morgan fingerprint density at radius 1 is 0.681 bits per heavy atom. The van der Waals surface area contributed by atoms with Gasteiger partial charge in [-0.05, 0) is 216 Å². The number of aliphatic hydroxyl groups excluding tert-OH is 1. The van der Waals surface area contributed by atoms with Gasteiger partial charge in [-0.3, -0.25) is 62.5 Å². The number of aromatic nitrogens is 1. The molecule has 0 spiro atoms. The summed E-state index contributed by atoms with van der Waals surface area (Å²) in [6, 6.07) is 7.49. The van der Waals surface area contributed by atoms with Gasteiger partial charge in [-0.2, -0.15) is 0 Å². The highest BCUT2D eigenvalue weighted by atomic mass is 33.1. The van der Waals surface area contributed by atoms with Gasteiger partial charge < -0.3 is 82.7 Å². The Bertz CT molecular complexity index is 5190. The average Bonchev–Trinajstić information content (AvgIpc) is 1.59. The number of fused-ring (bicyclic) bond motifs is 7. The number of carbonyl (C=O) groups is 13. The van der Waals surface area contributed by atoms with E-state index in [-0.39, 0.29) is 92.8 Å². The fourth-order valence-corrected chi connectivity index (χ4v) is 25.2. The molecule has 5 aliphatic carbocycles. The lowest BCUT2D eigenvalue weighted by Crippen LogP contribution is -2.62. The van der Waals surface area contributed by atoms with Crippen molar-refractivity contribution >= 4 is 116 Å². The van der Waals surface area contributed by atoms with Crippen LogP contribution in [-0.4, -0.2) is 225 Å². The van der Waals surface area contributed by atoms with E-state index in [2.05, 4.69) is 93.9 Å². The number of aliphatic hydroxyl groups is 1. The van der Waals surface area contributed by atoms with Crippen molar-refractivity contribution in [1.29, 1.82) is 0 Å². The molecule has 12 N–H and O–H groups in total. The SMILES string of the molecule is CC(C)CCCC(C)C1CCC2C3CC=C4CC(OC(=O)CNC(=O)C(NC(=O)C5CSSCC(NC(=O)C(Cc6ccc7ccccc7c6)NC(=O)C6CCCN6C(=O)C6CCCN6C(=O)c6ccc[n+](C)c6)C(=O)NC(Cc6ccc(O)cc6)C(=O)NC(CC6C=NC7C=CC=CC67)C(=O)NC(CCCCNC(=O)OC(C)(C)C)C(=O)NC(C(C)C)C(=O)N5)C(C)O)CCC4(C)C3CCC12C. The second-order valence-corrected chi connectivity index (χ2v) is 44.6. The Hall–Kier alpha value is -10.7. The quantitative estimate of drug-likeness (QED) is 0.00759. The third-order valence-electron chi connectivity index (χ3n) is 30.3. The minimum Gasteiger partial charge on any atom is -0.508 e. The number of nitrogens with one attached hydrogen (secondary N) is 10. The molecule has 0 bridgehead atoms. The number of esters is 1. The van der Waals surface area contributed by atoms with Crippen LogP contribution in [0.15, 0.2) is 132 Å². The number of benzene rings is 3. The Morgan fingerprint density at radius 3 is 2.12 bits per heavy atom. The zero-order valence-electron chi connectivity index (χ0n) is 82.0. The van der Waals surface area contributed by atoms with Crippen LogP contribution in [0.4, 0.5) is 4.79 Å². The Kier molecular flexibility index (Phi) is 35.7. The molecule has 33 heteroatoms. The number of allylic oxidation sites excluding steroid dienone is 3. The van der Waals surface area contributed by atoms with Gasteiger partial charge in [0.15, 0.2) is 12.4 Å². The van der Waals surface area contributed by atoms with Crippen LogP contribution in [0.25, 0.3) is 10.8 Å². The number of phenols is 1. The molecule has 12 amide bonds. The number of unbranched alkanes of at least 4 members (excludes halogenated alkanes) is 1. The van der Waals surface area contributed by atoms with Gasteiger partial charge >= 0.3 is 12.1 Å². The second-order valence-electron chi connectivity index (χ2n) is 42.1. The zero-order chi connectivity index (χ0) is 99.0. The molecule has 3 saturated heterocycles. The van der Waals surface area contributed by atoms with E-state index in [1.807, 2.05) is 60.7 Å². The Morgan fingerprint density at radius 2 is 1.38 bits per heavy atom. The standard InChI is InChI=1S/C105H144N14O17S2/c1-61(2)23-19-24-63(5)76-41-42-77-75-40-37-71-55-73(43-45-104(71,10)78(75)44-46-105(76,77)11)135-88(122)57-108-98(130)90(64(6)120)116-96(128)85-60-138-137-59-84(113-93(125)82(53-66-33-36-67-25-13-14-26-68(67)51-66)112-97(129)86-31-21-49-118(86)101(133)87-32-22-50-119(87)100(132)69-27-20-48-117(12)58-69)95(127)110-81(52-65-34-38-72(121)39-35-65)92(124)111-83(54-70-56-107-79-29-16-15-28-74(70)79)94(126)109-80(91(123)115-89(62(3)4)99(131)114-85)30-17-18-47-106-102(134)136-103(7,8)9/h13-16,20,25-29,33-39,48,51,56,58,61-64,70,73-87,89-90,120H,17-19,21-24,30-32,40-47,49-50,52-55,57,59-60H2,1-12H3,(H10-,106,108,109,110,111,112,113,114,115,116,121,123,124,125,126,127,128,129,130,131,134)/p+1. The first kappa shape index (κ1) is 105. The van der Waals surface area contributed by atoms with Gasteiger partial charge in [-0.15, -0.1) is 0 Å². The summed E-state index contributed by atoms with van der Waals surface area (Å²) < 4.78 is 13.4. The number of aromatic hydroxyl groups is 1. The van der Waals surface area contributed by atoms with Crippen molar-refractivity contribution in [2.24, 2.45) is 76.1 Å². The van der Waals surface area contributed by atoms with Crippen LogP contribution >= 0.6 is 21.6 Å². The van der Waals surface area contributed by atoms with E-state index in [9.17, 15) is 34.2 Å². The Balaban J connectivity index is 0.781. The molecule has 748 valence electrons. The van der Waals surface area contributed by atoms with Crippen molar-refractivity contribution in [3.05, 3.63) is 144 Å². The van der Waals surface area contributed by atoms with Gasteiger partial charge in [0, 0.05) is 74.5 Å². The van der Waals surface area contributed by atoms with Gasteiger partial charge in [0.05, 0.1) is 12.1 Å². The molecule has 13 rings (SSSR count). The number of rotatable bonds is 30. The number of hydrogen-bond donors (Lipinski definition) is 12. The minimum absolute atomic E-state index is 0.0327. The van der Waals surface area contributed by atoms with Crippen LogP contribution in [0, 0.1) is 64.1 Å². The molecule has 31 nitrogen and oxygen atoms in total. The number of alkyl carbamates (subject to hydrolysis) is 1. The van der Waals surface area contributed by atoms with Crippen molar-refractivity contribution < 1.29 is 86.6 Å². The summed E-state index contributed by atoms with van der Waals surface area (Å²) in [5.74, 6) is -7.96. The molecule has 6 fully saturated rings. The average molecular weight is 1940 g/mol. The molecule has 4 aliphatic heterocycles. The topological polar surface area (TPSA) is 424 Å². The lowest BCUT2D eigenvalue weighted by Gasteiger charge is -2.58. The first-order valence-electron chi connectivity index (χ1n) is 50.0. The molecule has 138 heavy (non-hydrogen) atoms. The fourth-order valence-electron chi connectivity index (χ4n) is 22.9. The van der Waals surface area contributed by atoms with E-state index < -0.39 is 173 Å². The number of likely N-dealkylation sites (tertiary alicyclic amines) is 2. The number of hydrogen-bond acceptors (Lipinski definition) is 20. The van der Waals surface area contributed by atoms with Crippen molar-refractivity contribution in [3.8, 4) is 5.75 Å². The second kappa shape index (κ2) is 47.1. The largest absolute Gasteiger partial charge is 0.508 e. The maximum Gasteiger partial charge on any atom is 0.407 e. The summed E-state index contributed by atoms with van der Waals surface area (Å²) in [6.45, 7) is 21.8. The predicted octanol–water partition coefficient (Wildman–Crippen LogP) is 9.73. The van der Waals surface area contributed by atoms with Crippen LogP contribution in [0.1, 0.15) is 220 Å². The molecule has 22 unspecified atom stereocenters. The van der Waals surface area contributed by atoms with Gasteiger partial charge in [0.25, 0.3) is 5.91 Å². The van der Waals surface area contributed by atoms with Gasteiger partial charge in [0.1, 0.15) is 97.0 Å². The van der Waals surface area contributed by atoms with Crippen LogP contribution in [0.5, 0.6) is 5.75 Å². The molecular weight excluding hydrogens is 1790 g/mol. The Labute approximate surface area is 819 Å². The minimum atomic E-state index is -1.75. The fraction of sp³-hybridized carbons (Fsp3) is 0.610. The number of aryl methyl sites for hydroxylation is 1.